The molecule has 0 N–H and O–H groups in total. The topological polar surface area (TPSA) is 86.1 Å². The van der Waals surface area contributed by atoms with Crippen molar-refractivity contribution in [1.29, 1.82) is 0 Å². The van der Waals surface area contributed by atoms with Gasteiger partial charge in [-0.3, -0.25) is 9.59 Å². The number of epoxide rings is 1. The van der Waals surface area contributed by atoms with Crippen molar-refractivity contribution < 1.29 is 28.3 Å². The van der Waals surface area contributed by atoms with E-state index in [1.165, 1.54) is 26.0 Å². The number of hydrogen-bond donors (Lipinski definition) is 0. The number of methoxy groups -OCH3 is 1. The molecule has 1 saturated heterocycles. The summed E-state index contributed by atoms with van der Waals surface area (Å²) in [6.45, 7) is 2.01. The zero-order valence-corrected chi connectivity index (χ0v) is 16.7. The van der Waals surface area contributed by atoms with E-state index in [0.29, 0.717) is 24.2 Å². The van der Waals surface area contributed by atoms with Crippen LogP contribution in [0.15, 0.2) is 71.4 Å². The second-order valence-corrected chi connectivity index (χ2v) is 5.79. The maximum atomic E-state index is 10.5. The Labute approximate surface area is 170 Å². The predicted octanol–water partition coefficient (Wildman–Crippen LogP) is 4.52. The van der Waals surface area contributed by atoms with Gasteiger partial charge in [-0.15, -0.1) is 0 Å². The van der Waals surface area contributed by atoms with E-state index in [9.17, 15) is 9.59 Å². The largest absolute Gasteiger partial charge is 0.462 e. The standard InChI is InChI=1S/C10H10O3.C6H8.C5H4O2.C2H4O/c1-12-10(7-13-10)9-4-2-3-8(5-9)6-11;1-2-4-6-5-3-1;6-4-5-2-1-3-7-5;1-2-3/h2-6H,7H2,1H3;1-4H,5-6H2;1-4H;2H,1H3. The van der Waals surface area contributed by atoms with E-state index < -0.39 is 5.79 Å². The van der Waals surface area contributed by atoms with E-state index in [0.717, 1.165) is 18.1 Å². The first-order chi connectivity index (χ1) is 14.2. The van der Waals surface area contributed by atoms with Gasteiger partial charge in [-0.05, 0) is 38.0 Å². The number of ether oxygens (including phenoxy) is 2. The molecule has 0 radical (unpaired) electrons. The number of carbonyl (C=O) groups is 3. The fraction of sp³-hybridized carbons (Fsp3) is 0.261. The lowest BCUT2D eigenvalue weighted by atomic mass is 10.1. The Hall–Kier alpha value is -3.09. The third-order valence-corrected chi connectivity index (χ3v) is 3.74. The molecular weight excluding hydrogens is 372 g/mol. The molecular formula is C23H26O6. The Morgan fingerprint density at radius 3 is 2.00 bits per heavy atom. The first kappa shape index (κ1) is 23.9. The van der Waals surface area contributed by atoms with Crippen molar-refractivity contribution >= 4 is 18.9 Å². The lowest BCUT2D eigenvalue weighted by Gasteiger charge is -2.09. The molecule has 2 heterocycles. The zero-order valence-electron chi connectivity index (χ0n) is 16.7. The van der Waals surface area contributed by atoms with Crippen LogP contribution in [0.5, 0.6) is 0 Å². The number of aldehydes is 3. The van der Waals surface area contributed by atoms with E-state index in [4.69, 9.17) is 14.3 Å². The summed E-state index contributed by atoms with van der Waals surface area (Å²) in [6.07, 6.45) is 14.7. The zero-order chi connectivity index (χ0) is 21.4. The average Bonchev–Trinajstić information content (AvgIpc) is 3.42. The molecule has 1 atom stereocenters. The van der Waals surface area contributed by atoms with E-state index in [2.05, 4.69) is 28.7 Å². The summed E-state index contributed by atoms with van der Waals surface area (Å²) in [4.78, 5) is 29.1. The van der Waals surface area contributed by atoms with Gasteiger partial charge in [-0.1, -0.05) is 42.5 Å². The molecule has 1 unspecified atom stereocenters. The number of hydrogen-bond acceptors (Lipinski definition) is 6. The molecule has 6 heteroatoms. The summed E-state index contributed by atoms with van der Waals surface area (Å²) in [6, 6.07) is 10.5. The van der Waals surface area contributed by atoms with Gasteiger partial charge >= 0.3 is 0 Å². The highest BCUT2D eigenvalue weighted by Crippen LogP contribution is 2.39. The second-order valence-electron chi connectivity index (χ2n) is 5.79. The molecule has 0 saturated carbocycles. The third kappa shape index (κ3) is 9.10. The Morgan fingerprint density at radius 2 is 1.66 bits per heavy atom. The van der Waals surface area contributed by atoms with Crippen LogP contribution in [0.4, 0.5) is 0 Å². The van der Waals surface area contributed by atoms with Crippen LogP contribution in [0.1, 0.15) is 46.2 Å². The highest BCUT2D eigenvalue weighted by atomic mass is 16.8. The number of rotatable bonds is 4. The monoisotopic (exact) mass is 398 g/mol. The molecule has 0 bridgehead atoms. The van der Waals surface area contributed by atoms with Gasteiger partial charge in [-0.2, -0.15) is 0 Å². The average molecular weight is 398 g/mol. The van der Waals surface area contributed by atoms with Crippen LogP contribution in [-0.2, 0) is 20.1 Å². The molecule has 154 valence electrons. The summed E-state index contributed by atoms with van der Waals surface area (Å²) in [5.41, 5.74) is 1.55. The fourth-order valence-electron chi connectivity index (χ4n) is 2.22. The van der Waals surface area contributed by atoms with Crippen molar-refractivity contribution in [3.8, 4) is 0 Å². The van der Waals surface area contributed by atoms with Crippen molar-refractivity contribution in [1.82, 2.24) is 0 Å². The third-order valence-electron chi connectivity index (χ3n) is 3.74. The molecule has 1 aromatic carbocycles. The van der Waals surface area contributed by atoms with E-state index in [-0.39, 0.29) is 0 Å². The maximum Gasteiger partial charge on any atom is 0.219 e. The normalized spacial score (nSPS) is 17.9. The molecule has 1 aliphatic carbocycles. The summed E-state index contributed by atoms with van der Waals surface area (Å²) in [7, 11) is 1.60. The van der Waals surface area contributed by atoms with Gasteiger partial charge in [0.05, 0.1) is 6.26 Å². The minimum Gasteiger partial charge on any atom is -0.462 e. The molecule has 1 fully saturated rings. The summed E-state index contributed by atoms with van der Waals surface area (Å²) < 4.78 is 15.0. The Bertz CT molecular complexity index is 773. The van der Waals surface area contributed by atoms with Crippen LogP contribution < -0.4 is 0 Å². The van der Waals surface area contributed by atoms with Crippen molar-refractivity contribution in [2.45, 2.75) is 25.6 Å². The maximum absolute atomic E-state index is 10.5. The van der Waals surface area contributed by atoms with E-state index >= 15 is 0 Å². The number of allylic oxidation sites excluding steroid dienone is 4. The van der Waals surface area contributed by atoms with Gasteiger partial charge in [0, 0.05) is 18.2 Å². The predicted molar refractivity (Wildman–Crippen MR) is 110 cm³/mol. The van der Waals surface area contributed by atoms with E-state index in [1.807, 2.05) is 12.1 Å². The molecule has 2 aliphatic rings. The number of furan rings is 1. The van der Waals surface area contributed by atoms with Gasteiger partial charge in [-0.25, -0.2) is 0 Å². The Kier molecular flexibility index (Phi) is 11.5. The van der Waals surface area contributed by atoms with Crippen LogP contribution in [-0.4, -0.2) is 32.6 Å². The number of carbonyl (C=O) groups excluding carboxylic acids is 3. The molecule has 4 rings (SSSR count). The van der Waals surface area contributed by atoms with Crippen LogP contribution >= 0.6 is 0 Å². The summed E-state index contributed by atoms with van der Waals surface area (Å²) in [5.74, 6) is -0.209. The molecule has 6 nitrogen and oxygen atoms in total. The van der Waals surface area contributed by atoms with E-state index in [1.54, 1.807) is 31.4 Å². The van der Waals surface area contributed by atoms with Gasteiger partial charge < -0.3 is 18.7 Å². The Morgan fingerprint density at radius 1 is 1.00 bits per heavy atom. The van der Waals surface area contributed by atoms with Crippen LogP contribution in [0, 0.1) is 0 Å². The first-order valence-corrected chi connectivity index (χ1v) is 9.10. The number of benzene rings is 1. The van der Waals surface area contributed by atoms with Crippen LogP contribution in [0.25, 0.3) is 0 Å². The smallest absolute Gasteiger partial charge is 0.219 e. The molecule has 1 aromatic heterocycles. The molecule has 2 aromatic rings. The molecule has 1 aliphatic heterocycles. The highest BCUT2D eigenvalue weighted by molar-refractivity contribution is 5.75. The van der Waals surface area contributed by atoms with Gasteiger partial charge in [0.25, 0.3) is 0 Å². The van der Waals surface area contributed by atoms with Crippen molar-refractivity contribution in [3.63, 3.8) is 0 Å². The lowest BCUT2D eigenvalue weighted by molar-refractivity contribution is -0.106. The summed E-state index contributed by atoms with van der Waals surface area (Å²) >= 11 is 0. The molecule has 29 heavy (non-hydrogen) atoms. The second kappa shape index (κ2) is 14.0. The van der Waals surface area contributed by atoms with Gasteiger partial charge in [0.1, 0.15) is 19.2 Å². The minimum absolute atomic E-state index is 0.375. The lowest BCUT2D eigenvalue weighted by Crippen LogP contribution is -2.11. The summed E-state index contributed by atoms with van der Waals surface area (Å²) in [5, 5.41) is 0. The molecule has 0 spiro atoms. The van der Waals surface area contributed by atoms with Gasteiger partial charge in [0.2, 0.25) is 5.79 Å². The molecule has 0 amide bonds. The first-order valence-electron chi connectivity index (χ1n) is 9.10. The highest BCUT2D eigenvalue weighted by Gasteiger charge is 2.47. The van der Waals surface area contributed by atoms with Crippen molar-refractivity contribution in [2.75, 3.05) is 13.7 Å². The van der Waals surface area contributed by atoms with Crippen LogP contribution in [0.2, 0.25) is 0 Å². The fourth-order valence-corrected chi connectivity index (χ4v) is 2.22. The Balaban J connectivity index is 0.000000222. The van der Waals surface area contributed by atoms with Crippen LogP contribution in [0.3, 0.4) is 0 Å². The van der Waals surface area contributed by atoms with Crippen molar-refractivity contribution in [2.24, 2.45) is 0 Å². The van der Waals surface area contributed by atoms with Gasteiger partial charge in [0.15, 0.2) is 12.0 Å². The minimum atomic E-state index is -0.584. The SMILES string of the molecule is C1=CCCC=C1.CC=O.COC1(c2cccc(C=O)c2)CO1.O=Cc1ccco1. The quantitative estimate of drug-likeness (QED) is 0.556. The van der Waals surface area contributed by atoms with Crippen molar-refractivity contribution in [3.05, 3.63) is 83.9 Å².